The summed E-state index contributed by atoms with van der Waals surface area (Å²) in [5.74, 6) is 0. The van der Waals surface area contributed by atoms with Gasteiger partial charge in [-0.1, -0.05) is 26.3 Å². The molecule has 0 aromatic carbocycles. The first-order chi connectivity index (χ1) is 5.77. The average molecular weight is 165 g/mol. The van der Waals surface area contributed by atoms with Gasteiger partial charge in [0.25, 0.3) is 0 Å². The lowest BCUT2D eigenvalue weighted by Crippen LogP contribution is -2.13. The van der Waals surface area contributed by atoms with Crippen LogP contribution in [0.1, 0.15) is 46.5 Å². The predicted octanol–water partition coefficient (Wildman–Crippen LogP) is 3.36. The summed E-state index contributed by atoms with van der Waals surface area (Å²) in [4.78, 5) is 4.67. The third-order valence-electron chi connectivity index (χ3n) is 2.48. The summed E-state index contributed by atoms with van der Waals surface area (Å²) < 4.78 is 0. The maximum Gasteiger partial charge on any atom is 0.0537 e. The lowest BCUT2D eigenvalue weighted by atomic mass is 9.99. The van der Waals surface area contributed by atoms with Gasteiger partial charge in [0.1, 0.15) is 0 Å². The minimum atomic E-state index is 0.574. The molecule has 1 heterocycles. The minimum absolute atomic E-state index is 0.574. The maximum absolute atomic E-state index is 4.67. The Labute approximate surface area is 75.6 Å². The van der Waals surface area contributed by atoms with Crippen molar-refractivity contribution in [1.29, 1.82) is 0 Å². The second-order valence-electron chi connectivity index (χ2n) is 3.48. The van der Waals surface area contributed by atoms with Crippen molar-refractivity contribution in [3.8, 4) is 0 Å². The number of hydrogen-bond acceptors (Lipinski definition) is 1. The molecule has 0 radical (unpaired) electrons. The molecule has 0 fully saturated rings. The molecule has 1 aliphatic rings. The van der Waals surface area contributed by atoms with Crippen LogP contribution in [0.4, 0.5) is 0 Å². The van der Waals surface area contributed by atoms with Crippen molar-refractivity contribution in [3.05, 3.63) is 11.6 Å². The zero-order valence-electron chi connectivity index (χ0n) is 8.43. The Hall–Kier alpha value is -0.590. The van der Waals surface area contributed by atoms with Crippen LogP contribution in [-0.2, 0) is 0 Å². The fourth-order valence-corrected chi connectivity index (χ4v) is 1.75. The van der Waals surface area contributed by atoms with E-state index in [4.69, 9.17) is 0 Å². The van der Waals surface area contributed by atoms with E-state index in [-0.39, 0.29) is 0 Å². The molecule has 1 nitrogen and oxygen atoms in total. The summed E-state index contributed by atoms with van der Waals surface area (Å²) in [5.41, 5.74) is 2.71. The molecule has 1 unspecified atom stereocenters. The van der Waals surface area contributed by atoms with Crippen molar-refractivity contribution in [2.24, 2.45) is 4.99 Å². The van der Waals surface area contributed by atoms with E-state index in [1.54, 1.807) is 0 Å². The van der Waals surface area contributed by atoms with Crippen molar-refractivity contribution in [3.63, 3.8) is 0 Å². The van der Waals surface area contributed by atoms with Crippen molar-refractivity contribution >= 4 is 5.71 Å². The molecule has 0 aliphatic carbocycles. The van der Waals surface area contributed by atoms with Crippen molar-refractivity contribution in [2.45, 2.75) is 52.5 Å². The molecule has 0 N–H and O–H groups in total. The number of hydrogen-bond donors (Lipinski definition) is 0. The number of aliphatic imine (C=N–C) groups is 1. The van der Waals surface area contributed by atoms with Gasteiger partial charge in [-0.15, -0.1) is 0 Å². The lowest BCUT2D eigenvalue weighted by molar-refractivity contribution is 0.605. The van der Waals surface area contributed by atoms with Crippen LogP contribution in [0.25, 0.3) is 0 Å². The molecule has 12 heavy (non-hydrogen) atoms. The Kier molecular flexibility index (Phi) is 3.51. The lowest BCUT2D eigenvalue weighted by Gasteiger charge is -2.17. The van der Waals surface area contributed by atoms with Gasteiger partial charge in [0.05, 0.1) is 6.04 Å². The molecule has 0 bridgehead atoms. The van der Waals surface area contributed by atoms with Gasteiger partial charge in [-0.3, -0.25) is 4.99 Å². The van der Waals surface area contributed by atoms with E-state index in [1.165, 1.54) is 24.1 Å². The summed E-state index contributed by atoms with van der Waals surface area (Å²) in [7, 11) is 0. The topological polar surface area (TPSA) is 12.4 Å². The van der Waals surface area contributed by atoms with E-state index >= 15 is 0 Å². The Morgan fingerprint density at radius 1 is 1.50 bits per heavy atom. The van der Waals surface area contributed by atoms with Crippen LogP contribution in [0.3, 0.4) is 0 Å². The van der Waals surface area contributed by atoms with Crippen LogP contribution < -0.4 is 0 Å². The Bertz CT molecular complexity index is 201. The monoisotopic (exact) mass is 165 g/mol. The first kappa shape index (κ1) is 9.50. The Morgan fingerprint density at radius 2 is 2.25 bits per heavy atom. The predicted molar refractivity (Wildman–Crippen MR) is 54.8 cm³/mol. The van der Waals surface area contributed by atoms with Gasteiger partial charge in [-0.25, -0.2) is 0 Å². The number of nitrogens with zero attached hydrogens (tertiary/aromatic N) is 1. The molecule has 0 aromatic rings. The largest absolute Gasteiger partial charge is 0.286 e. The molecule has 0 saturated carbocycles. The van der Waals surface area contributed by atoms with Gasteiger partial charge in [0.2, 0.25) is 0 Å². The van der Waals surface area contributed by atoms with Gasteiger partial charge in [-0.2, -0.15) is 0 Å². The van der Waals surface area contributed by atoms with Crippen LogP contribution >= 0.6 is 0 Å². The van der Waals surface area contributed by atoms with Crippen LogP contribution in [0.5, 0.6) is 0 Å². The fraction of sp³-hybridized carbons (Fsp3) is 0.727. The smallest absolute Gasteiger partial charge is 0.0537 e. The minimum Gasteiger partial charge on any atom is -0.286 e. The highest BCUT2D eigenvalue weighted by Gasteiger charge is 2.11. The van der Waals surface area contributed by atoms with E-state index in [0.717, 1.165) is 12.8 Å². The van der Waals surface area contributed by atoms with Crippen molar-refractivity contribution < 1.29 is 0 Å². The summed E-state index contributed by atoms with van der Waals surface area (Å²) >= 11 is 0. The van der Waals surface area contributed by atoms with Gasteiger partial charge in [-0.05, 0) is 31.8 Å². The summed E-state index contributed by atoms with van der Waals surface area (Å²) in [5, 5.41) is 0. The molecule has 1 rings (SSSR count). The van der Waals surface area contributed by atoms with E-state index in [2.05, 4.69) is 31.8 Å². The molecule has 0 aromatic heterocycles. The Morgan fingerprint density at radius 3 is 2.75 bits per heavy atom. The fourth-order valence-electron chi connectivity index (χ4n) is 1.75. The van der Waals surface area contributed by atoms with E-state index < -0.39 is 0 Å². The molecule has 0 spiro atoms. The highest BCUT2D eigenvalue weighted by molar-refractivity contribution is 5.98. The van der Waals surface area contributed by atoms with Crippen LogP contribution in [0.15, 0.2) is 16.6 Å². The quantitative estimate of drug-likeness (QED) is 0.608. The second kappa shape index (κ2) is 4.44. The van der Waals surface area contributed by atoms with Gasteiger partial charge < -0.3 is 0 Å². The van der Waals surface area contributed by atoms with Gasteiger partial charge in [0, 0.05) is 5.71 Å². The van der Waals surface area contributed by atoms with Crippen molar-refractivity contribution in [2.75, 3.05) is 0 Å². The number of dihydropyridines is 1. The molecule has 0 saturated heterocycles. The number of allylic oxidation sites excluding steroid dienone is 1. The first-order valence-electron chi connectivity index (χ1n) is 5.01. The maximum atomic E-state index is 4.67. The van der Waals surface area contributed by atoms with Crippen molar-refractivity contribution in [1.82, 2.24) is 0 Å². The van der Waals surface area contributed by atoms with E-state index in [9.17, 15) is 0 Å². The average Bonchev–Trinajstić information content (AvgIpc) is 2.05. The summed E-state index contributed by atoms with van der Waals surface area (Å²) in [6.45, 7) is 6.56. The number of rotatable bonds is 3. The molecule has 68 valence electrons. The molecular weight excluding hydrogens is 146 g/mol. The molecule has 1 atom stereocenters. The SMILES string of the molecule is CCCC1CC=C(CC)C(C)=N1. The van der Waals surface area contributed by atoms with Crippen LogP contribution in [-0.4, -0.2) is 11.8 Å². The standard InChI is InChI=1S/C11H19N/c1-4-6-11-8-7-10(5-2)9(3)12-11/h7,11H,4-6,8H2,1-3H3. The Balaban J connectivity index is 2.56. The molecule has 0 amide bonds. The van der Waals surface area contributed by atoms with Crippen LogP contribution in [0.2, 0.25) is 0 Å². The zero-order chi connectivity index (χ0) is 8.97. The van der Waals surface area contributed by atoms with E-state index in [0.29, 0.717) is 6.04 Å². The van der Waals surface area contributed by atoms with Gasteiger partial charge in [0.15, 0.2) is 0 Å². The first-order valence-corrected chi connectivity index (χ1v) is 5.01. The second-order valence-corrected chi connectivity index (χ2v) is 3.48. The normalized spacial score (nSPS) is 23.4. The molecule has 1 aliphatic heterocycles. The summed E-state index contributed by atoms with van der Waals surface area (Å²) in [6.07, 6.45) is 7.15. The molecule has 1 heteroatoms. The highest BCUT2D eigenvalue weighted by Crippen LogP contribution is 2.18. The highest BCUT2D eigenvalue weighted by atomic mass is 14.8. The third kappa shape index (κ3) is 2.20. The van der Waals surface area contributed by atoms with Gasteiger partial charge >= 0.3 is 0 Å². The third-order valence-corrected chi connectivity index (χ3v) is 2.48. The van der Waals surface area contributed by atoms with Crippen LogP contribution in [0, 0.1) is 0 Å². The zero-order valence-corrected chi connectivity index (χ0v) is 8.43. The summed E-state index contributed by atoms with van der Waals surface area (Å²) in [6, 6.07) is 0.574. The molecular formula is C11H19N. The van der Waals surface area contributed by atoms with E-state index in [1.807, 2.05) is 0 Å².